The third-order valence-corrected chi connectivity index (χ3v) is 6.43. The zero-order valence-electron chi connectivity index (χ0n) is 20.2. The van der Waals surface area contributed by atoms with E-state index in [2.05, 4.69) is 27.4 Å². The Morgan fingerprint density at radius 3 is 2.62 bits per heavy atom. The lowest BCUT2D eigenvalue weighted by atomic mass is 10.2. The van der Waals surface area contributed by atoms with Crippen molar-refractivity contribution in [3.63, 3.8) is 0 Å². The lowest BCUT2D eigenvalue weighted by Gasteiger charge is -2.09. The minimum atomic E-state index is -0.310. The second kappa shape index (κ2) is 13.7. The van der Waals surface area contributed by atoms with Gasteiger partial charge in [0.2, 0.25) is 11.8 Å². The standard InChI is InChI=1S/C25H25Cl2N5O4S/c1-4-11-32-22(14-28-23(33)10-6-16-5-9-20(35-2)21(12-16)36-3)30-31-25(32)37-15-24(34)29-19-13-17(26)7-8-18(19)27/h4-10,12-13H,1,11,14-15H2,2-3H3,(H,28,33)(H,29,34). The van der Waals surface area contributed by atoms with Crippen LogP contribution in [0.3, 0.4) is 0 Å². The van der Waals surface area contributed by atoms with E-state index in [1.807, 2.05) is 6.07 Å². The largest absolute Gasteiger partial charge is 0.493 e. The molecular formula is C25H25Cl2N5O4S. The molecule has 0 aliphatic heterocycles. The lowest BCUT2D eigenvalue weighted by molar-refractivity contribution is -0.116. The summed E-state index contributed by atoms with van der Waals surface area (Å²) in [6.07, 6.45) is 4.76. The maximum atomic E-state index is 12.4. The van der Waals surface area contributed by atoms with Crippen LogP contribution in [0.1, 0.15) is 11.4 Å². The van der Waals surface area contributed by atoms with Crippen molar-refractivity contribution in [2.24, 2.45) is 0 Å². The Balaban J connectivity index is 1.58. The van der Waals surface area contributed by atoms with Crippen molar-refractivity contribution in [1.82, 2.24) is 20.1 Å². The summed E-state index contributed by atoms with van der Waals surface area (Å²) in [6, 6.07) is 10.2. The van der Waals surface area contributed by atoms with Crippen LogP contribution in [0.2, 0.25) is 10.0 Å². The number of ether oxygens (including phenoxy) is 2. The molecular weight excluding hydrogens is 537 g/mol. The van der Waals surface area contributed by atoms with Crippen LogP contribution < -0.4 is 20.1 Å². The molecule has 1 aromatic heterocycles. The number of methoxy groups -OCH3 is 2. The average Bonchev–Trinajstić information content (AvgIpc) is 3.28. The number of thioether (sulfide) groups is 1. The first-order chi connectivity index (χ1) is 17.8. The van der Waals surface area contributed by atoms with Crippen molar-refractivity contribution in [3.8, 4) is 11.5 Å². The number of hydrogen-bond acceptors (Lipinski definition) is 7. The van der Waals surface area contributed by atoms with Crippen LogP contribution in [-0.4, -0.2) is 46.6 Å². The molecule has 12 heteroatoms. The fourth-order valence-corrected chi connectivity index (χ4v) is 4.24. The zero-order chi connectivity index (χ0) is 26.8. The predicted molar refractivity (Wildman–Crippen MR) is 146 cm³/mol. The van der Waals surface area contributed by atoms with Gasteiger partial charge in [0.05, 0.1) is 37.2 Å². The maximum Gasteiger partial charge on any atom is 0.244 e. The molecule has 0 fully saturated rings. The minimum Gasteiger partial charge on any atom is -0.493 e. The Morgan fingerprint density at radius 1 is 1.11 bits per heavy atom. The molecule has 0 aliphatic rings. The van der Waals surface area contributed by atoms with Gasteiger partial charge in [-0.25, -0.2) is 0 Å². The van der Waals surface area contributed by atoms with E-state index in [9.17, 15) is 9.59 Å². The van der Waals surface area contributed by atoms with Crippen LogP contribution in [0.15, 0.2) is 60.3 Å². The van der Waals surface area contributed by atoms with Gasteiger partial charge in [-0.15, -0.1) is 16.8 Å². The number of hydrogen-bond donors (Lipinski definition) is 2. The van der Waals surface area contributed by atoms with E-state index < -0.39 is 0 Å². The van der Waals surface area contributed by atoms with E-state index in [0.29, 0.717) is 44.8 Å². The first-order valence-electron chi connectivity index (χ1n) is 10.9. The third-order valence-electron chi connectivity index (χ3n) is 4.90. The van der Waals surface area contributed by atoms with Crippen molar-refractivity contribution in [3.05, 3.63) is 76.6 Å². The topological polar surface area (TPSA) is 107 Å². The van der Waals surface area contributed by atoms with Gasteiger partial charge < -0.3 is 24.7 Å². The Morgan fingerprint density at radius 2 is 1.89 bits per heavy atom. The molecule has 3 rings (SSSR count). The van der Waals surface area contributed by atoms with Gasteiger partial charge in [0.1, 0.15) is 0 Å². The normalized spacial score (nSPS) is 10.8. The molecule has 0 bridgehead atoms. The minimum absolute atomic E-state index is 0.0680. The highest BCUT2D eigenvalue weighted by molar-refractivity contribution is 7.99. The zero-order valence-corrected chi connectivity index (χ0v) is 22.5. The van der Waals surface area contributed by atoms with Crippen molar-refractivity contribution in [2.75, 3.05) is 25.3 Å². The van der Waals surface area contributed by atoms with E-state index in [1.165, 1.54) is 17.8 Å². The molecule has 0 unspecified atom stereocenters. The smallest absolute Gasteiger partial charge is 0.244 e. The number of carbonyl (C=O) groups excluding carboxylic acids is 2. The summed E-state index contributed by atoms with van der Waals surface area (Å²) in [6.45, 7) is 4.31. The van der Waals surface area contributed by atoms with Gasteiger partial charge in [0, 0.05) is 17.6 Å². The van der Waals surface area contributed by atoms with Crippen molar-refractivity contribution >= 4 is 58.5 Å². The van der Waals surface area contributed by atoms with Crippen LogP contribution in [0.25, 0.3) is 6.08 Å². The van der Waals surface area contributed by atoms with Gasteiger partial charge in [-0.2, -0.15) is 0 Å². The third kappa shape index (κ3) is 8.01. The number of halogens is 2. The van der Waals surface area contributed by atoms with Gasteiger partial charge in [-0.3, -0.25) is 9.59 Å². The average molecular weight is 562 g/mol. The van der Waals surface area contributed by atoms with Crippen LogP contribution in [-0.2, 0) is 22.7 Å². The summed E-state index contributed by atoms with van der Waals surface area (Å²) in [4.78, 5) is 24.8. The van der Waals surface area contributed by atoms with E-state index in [4.69, 9.17) is 32.7 Å². The Bertz CT molecular complexity index is 1310. The molecule has 1 heterocycles. The summed E-state index contributed by atoms with van der Waals surface area (Å²) in [5.74, 6) is 1.17. The first-order valence-corrected chi connectivity index (χ1v) is 12.7. The Labute approximate surface area is 228 Å². The fraction of sp³-hybridized carbons (Fsp3) is 0.200. The van der Waals surface area contributed by atoms with E-state index >= 15 is 0 Å². The molecule has 9 nitrogen and oxygen atoms in total. The lowest BCUT2D eigenvalue weighted by Crippen LogP contribution is -2.23. The van der Waals surface area contributed by atoms with Crippen molar-refractivity contribution in [2.45, 2.75) is 18.2 Å². The molecule has 0 atom stereocenters. The molecule has 0 spiro atoms. The molecule has 37 heavy (non-hydrogen) atoms. The van der Waals surface area contributed by atoms with Gasteiger partial charge in [0.25, 0.3) is 0 Å². The van der Waals surface area contributed by atoms with Crippen LogP contribution in [0.5, 0.6) is 11.5 Å². The molecule has 3 aromatic rings. The highest BCUT2D eigenvalue weighted by Gasteiger charge is 2.15. The molecule has 0 aliphatic carbocycles. The molecule has 2 N–H and O–H groups in total. The highest BCUT2D eigenvalue weighted by Crippen LogP contribution is 2.28. The second-order valence-corrected chi connectivity index (χ2v) is 9.21. The molecule has 0 radical (unpaired) electrons. The number of nitrogens with one attached hydrogen (secondary N) is 2. The molecule has 0 saturated carbocycles. The second-order valence-electron chi connectivity index (χ2n) is 7.42. The molecule has 194 valence electrons. The maximum absolute atomic E-state index is 12.4. The van der Waals surface area contributed by atoms with E-state index in [0.717, 1.165) is 5.56 Å². The molecule has 0 saturated heterocycles. The molecule has 2 aromatic carbocycles. The van der Waals surface area contributed by atoms with Crippen molar-refractivity contribution in [1.29, 1.82) is 0 Å². The number of anilines is 1. The van der Waals surface area contributed by atoms with E-state index in [-0.39, 0.29) is 24.1 Å². The summed E-state index contributed by atoms with van der Waals surface area (Å²) >= 11 is 13.3. The van der Waals surface area contributed by atoms with Gasteiger partial charge in [-0.1, -0.05) is 47.1 Å². The van der Waals surface area contributed by atoms with Gasteiger partial charge in [-0.05, 0) is 42.0 Å². The summed E-state index contributed by atoms with van der Waals surface area (Å²) < 4.78 is 12.3. The number of allylic oxidation sites excluding steroid dienone is 1. The number of aromatic nitrogens is 3. The van der Waals surface area contributed by atoms with Gasteiger partial charge >= 0.3 is 0 Å². The Hall–Kier alpha value is -3.47. The number of amides is 2. The number of benzene rings is 2. The van der Waals surface area contributed by atoms with Crippen LogP contribution >= 0.6 is 35.0 Å². The molecule has 2 amide bonds. The SMILES string of the molecule is C=CCn1c(CNC(=O)C=Cc2ccc(OC)c(OC)c2)nnc1SCC(=O)Nc1cc(Cl)ccc1Cl. The highest BCUT2D eigenvalue weighted by atomic mass is 35.5. The van der Waals surface area contributed by atoms with Crippen LogP contribution in [0.4, 0.5) is 5.69 Å². The number of rotatable bonds is 12. The number of carbonyl (C=O) groups is 2. The number of nitrogens with zero attached hydrogens (tertiary/aromatic N) is 3. The predicted octanol–water partition coefficient (Wildman–Crippen LogP) is 4.85. The van der Waals surface area contributed by atoms with Crippen molar-refractivity contribution < 1.29 is 19.1 Å². The first kappa shape index (κ1) is 28.1. The fourth-order valence-electron chi connectivity index (χ4n) is 3.13. The summed E-state index contributed by atoms with van der Waals surface area (Å²) in [7, 11) is 3.10. The van der Waals surface area contributed by atoms with E-state index in [1.54, 1.807) is 61.3 Å². The summed E-state index contributed by atoms with van der Waals surface area (Å²) in [5, 5.41) is 15.2. The monoisotopic (exact) mass is 561 g/mol. The van der Waals surface area contributed by atoms with Crippen LogP contribution in [0, 0.1) is 0 Å². The quantitative estimate of drug-likeness (QED) is 0.185. The van der Waals surface area contributed by atoms with Gasteiger partial charge in [0.15, 0.2) is 22.5 Å². The summed E-state index contributed by atoms with van der Waals surface area (Å²) in [5.41, 5.74) is 1.20. The Kier molecular flexibility index (Phi) is 10.4.